The summed E-state index contributed by atoms with van der Waals surface area (Å²) in [5, 5.41) is 1.08. The third-order valence-electron chi connectivity index (χ3n) is 3.31. The standard InChI is InChI=1S/C15H15N3O2S2/c1-3-13-16-7-10(22-13)8-18(2)14(19)9-4-5-11-12(6-9)20-15(21)17-11/h4-7H,3,8H2,1-2H3,(H,17,21). The van der Waals surface area contributed by atoms with Crippen LogP contribution in [-0.2, 0) is 13.0 Å². The first-order valence-electron chi connectivity index (χ1n) is 6.88. The lowest BCUT2D eigenvalue weighted by molar-refractivity contribution is 0.0786. The lowest BCUT2D eigenvalue weighted by atomic mass is 10.2. The first kappa shape index (κ1) is 14.9. The number of amides is 1. The van der Waals surface area contributed by atoms with Gasteiger partial charge in [-0.05, 0) is 36.8 Å². The minimum absolute atomic E-state index is 0.0596. The van der Waals surface area contributed by atoms with Gasteiger partial charge in [-0.3, -0.25) is 4.79 Å². The summed E-state index contributed by atoms with van der Waals surface area (Å²) in [6, 6.07) is 5.29. The second-order valence-electron chi connectivity index (χ2n) is 4.96. The summed E-state index contributed by atoms with van der Waals surface area (Å²) in [4.78, 5) is 22.8. The van der Waals surface area contributed by atoms with Crippen molar-refractivity contribution >= 4 is 40.6 Å². The molecule has 0 radical (unpaired) electrons. The van der Waals surface area contributed by atoms with Crippen molar-refractivity contribution in [1.82, 2.24) is 14.9 Å². The van der Waals surface area contributed by atoms with Crippen LogP contribution in [0.1, 0.15) is 27.2 Å². The molecule has 0 atom stereocenters. The summed E-state index contributed by atoms with van der Waals surface area (Å²) in [5.41, 5.74) is 1.96. The van der Waals surface area contributed by atoms with Gasteiger partial charge in [-0.15, -0.1) is 11.3 Å². The summed E-state index contributed by atoms with van der Waals surface area (Å²) in [5.74, 6) is -0.0596. The maximum Gasteiger partial charge on any atom is 0.266 e. The van der Waals surface area contributed by atoms with E-state index < -0.39 is 0 Å². The molecule has 22 heavy (non-hydrogen) atoms. The van der Waals surface area contributed by atoms with E-state index in [0.29, 0.717) is 22.5 Å². The molecule has 0 saturated heterocycles. The van der Waals surface area contributed by atoms with Gasteiger partial charge in [-0.25, -0.2) is 4.98 Å². The molecule has 2 aromatic heterocycles. The Morgan fingerprint density at radius 1 is 1.50 bits per heavy atom. The lowest BCUT2D eigenvalue weighted by Crippen LogP contribution is -2.25. The summed E-state index contributed by atoms with van der Waals surface area (Å²) >= 11 is 6.59. The molecule has 1 aromatic carbocycles. The van der Waals surface area contributed by atoms with E-state index in [9.17, 15) is 4.79 Å². The van der Waals surface area contributed by atoms with E-state index in [1.807, 2.05) is 6.20 Å². The van der Waals surface area contributed by atoms with Crippen molar-refractivity contribution in [3.63, 3.8) is 0 Å². The van der Waals surface area contributed by atoms with Gasteiger partial charge in [-0.1, -0.05) is 6.92 Å². The number of nitrogens with one attached hydrogen (secondary N) is 1. The Morgan fingerprint density at radius 2 is 2.32 bits per heavy atom. The third kappa shape index (κ3) is 2.95. The van der Waals surface area contributed by atoms with Crippen LogP contribution < -0.4 is 0 Å². The van der Waals surface area contributed by atoms with E-state index in [-0.39, 0.29) is 5.91 Å². The third-order valence-corrected chi connectivity index (χ3v) is 4.62. The van der Waals surface area contributed by atoms with E-state index in [0.717, 1.165) is 21.8 Å². The first-order chi connectivity index (χ1) is 10.6. The number of aryl methyl sites for hydroxylation is 1. The molecule has 1 amide bonds. The van der Waals surface area contributed by atoms with Gasteiger partial charge in [0, 0.05) is 23.7 Å². The Kier molecular flexibility index (Phi) is 4.08. The van der Waals surface area contributed by atoms with Crippen LogP contribution in [0.2, 0.25) is 0 Å². The van der Waals surface area contributed by atoms with Crippen molar-refractivity contribution in [1.29, 1.82) is 0 Å². The fourth-order valence-corrected chi connectivity index (χ4v) is 3.30. The van der Waals surface area contributed by atoms with Crippen LogP contribution in [0.3, 0.4) is 0 Å². The maximum absolute atomic E-state index is 12.5. The minimum Gasteiger partial charge on any atom is -0.429 e. The number of thiazole rings is 1. The van der Waals surface area contributed by atoms with Gasteiger partial charge >= 0.3 is 0 Å². The van der Waals surface area contributed by atoms with Crippen LogP contribution in [-0.4, -0.2) is 27.8 Å². The number of hydrogen-bond acceptors (Lipinski definition) is 5. The van der Waals surface area contributed by atoms with Crippen LogP contribution in [0.25, 0.3) is 11.1 Å². The highest BCUT2D eigenvalue weighted by molar-refractivity contribution is 7.71. The Labute approximate surface area is 136 Å². The Bertz CT molecular complexity index is 878. The number of nitrogens with zero attached hydrogens (tertiary/aromatic N) is 2. The molecule has 1 N–H and O–H groups in total. The normalized spacial score (nSPS) is 11.0. The molecule has 0 aliphatic carbocycles. The van der Waals surface area contributed by atoms with E-state index >= 15 is 0 Å². The van der Waals surface area contributed by atoms with Crippen LogP contribution in [0.4, 0.5) is 0 Å². The van der Waals surface area contributed by atoms with Crippen LogP contribution in [0, 0.1) is 4.84 Å². The Hall–Kier alpha value is -1.99. The van der Waals surface area contributed by atoms with Crippen LogP contribution >= 0.6 is 23.6 Å². The number of hydrogen-bond donors (Lipinski definition) is 1. The predicted molar refractivity (Wildman–Crippen MR) is 88.7 cm³/mol. The summed E-state index contributed by atoms with van der Waals surface area (Å²) in [6.45, 7) is 2.62. The van der Waals surface area contributed by atoms with Crippen molar-refractivity contribution in [2.45, 2.75) is 19.9 Å². The largest absolute Gasteiger partial charge is 0.429 e. The van der Waals surface area contributed by atoms with Crippen molar-refractivity contribution in [2.75, 3.05) is 7.05 Å². The van der Waals surface area contributed by atoms with Crippen molar-refractivity contribution in [3.05, 3.63) is 44.7 Å². The highest BCUT2D eigenvalue weighted by Gasteiger charge is 2.14. The molecule has 5 nitrogen and oxygen atoms in total. The molecule has 0 aliphatic heterocycles. The van der Waals surface area contributed by atoms with E-state index in [1.54, 1.807) is 41.5 Å². The summed E-state index contributed by atoms with van der Waals surface area (Å²) < 4.78 is 5.36. The number of oxazole rings is 1. The van der Waals surface area contributed by atoms with Gasteiger partial charge in [-0.2, -0.15) is 0 Å². The van der Waals surface area contributed by atoms with Gasteiger partial charge in [0.2, 0.25) is 0 Å². The number of carbonyl (C=O) groups is 1. The molecular formula is C15H15N3O2S2. The van der Waals surface area contributed by atoms with Gasteiger partial charge in [0.15, 0.2) is 5.58 Å². The molecule has 3 aromatic rings. The minimum atomic E-state index is -0.0596. The molecule has 7 heteroatoms. The van der Waals surface area contributed by atoms with E-state index in [1.165, 1.54) is 0 Å². The van der Waals surface area contributed by atoms with Crippen molar-refractivity contribution in [2.24, 2.45) is 0 Å². The SMILES string of the molecule is CCc1ncc(CN(C)C(=O)c2ccc3[nH]c(=S)oc3c2)s1. The van der Waals surface area contributed by atoms with Gasteiger partial charge in [0.25, 0.3) is 10.7 Å². The fourth-order valence-electron chi connectivity index (χ4n) is 2.19. The number of H-pyrrole nitrogens is 1. The zero-order chi connectivity index (χ0) is 15.7. The smallest absolute Gasteiger partial charge is 0.266 e. The monoisotopic (exact) mass is 333 g/mol. The molecular weight excluding hydrogens is 318 g/mol. The summed E-state index contributed by atoms with van der Waals surface area (Å²) in [7, 11) is 1.78. The molecule has 114 valence electrons. The van der Waals surface area contributed by atoms with Crippen LogP contribution in [0.5, 0.6) is 0 Å². The number of rotatable bonds is 4. The summed E-state index contributed by atoms with van der Waals surface area (Å²) in [6.07, 6.45) is 2.75. The molecule has 0 aliphatic rings. The quantitative estimate of drug-likeness (QED) is 0.738. The number of aromatic nitrogens is 2. The van der Waals surface area contributed by atoms with Crippen LogP contribution in [0.15, 0.2) is 28.8 Å². The average molecular weight is 333 g/mol. The number of aromatic amines is 1. The highest BCUT2D eigenvalue weighted by atomic mass is 32.1. The zero-order valence-corrected chi connectivity index (χ0v) is 13.9. The topological polar surface area (TPSA) is 62.1 Å². The maximum atomic E-state index is 12.5. The number of benzene rings is 1. The number of fused-ring (bicyclic) bond motifs is 1. The Morgan fingerprint density at radius 3 is 3.05 bits per heavy atom. The van der Waals surface area contributed by atoms with E-state index in [4.69, 9.17) is 16.6 Å². The molecule has 0 saturated carbocycles. The first-order valence-corrected chi connectivity index (χ1v) is 8.11. The lowest BCUT2D eigenvalue weighted by Gasteiger charge is -2.15. The van der Waals surface area contributed by atoms with Gasteiger partial charge in [0.1, 0.15) is 0 Å². The number of carbonyl (C=O) groups excluding carboxylic acids is 1. The highest BCUT2D eigenvalue weighted by Crippen LogP contribution is 2.19. The molecule has 0 spiro atoms. The molecule has 3 rings (SSSR count). The average Bonchev–Trinajstić information content (AvgIpc) is 3.10. The fraction of sp³-hybridized carbons (Fsp3) is 0.267. The second kappa shape index (κ2) is 6.02. The molecule has 0 unspecified atom stereocenters. The molecule has 0 fully saturated rings. The predicted octanol–water partition coefficient (Wildman–Crippen LogP) is 3.78. The molecule has 2 heterocycles. The van der Waals surface area contributed by atoms with Crippen molar-refractivity contribution in [3.8, 4) is 0 Å². The Balaban J connectivity index is 1.79. The van der Waals surface area contributed by atoms with Gasteiger partial charge < -0.3 is 14.3 Å². The van der Waals surface area contributed by atoms with Crippen molar-refractivity contribution < 1.29 is 9.21 Å². The van der Waals surface area contributed by atoms with E-state index in [2.05, 4.69) is 16.9 Å². The second-order valence-corrected chi connectivity index (χ2v) is 6.53. The zero-order valence-electron chi connectivity index (χ0n) is 12.3. The molecule has 0 bridgehead atoms. The van der Waals surface area contributed by atoms with Gasteiger partial charge in [0.05, 0.1) is 17.1 Å².